The van der Waals surface area contributed by atoms with Gasteiger partial charge in [0.15, 0.2) is 5.82 Å². The zero-order valence-electron chi connectivity index (χ0n) is 19.2. The maximum Gasteiger partial charge on any atom is 0.231 e. The molecule has 2 heterocycles. The van der Waals surface area contributed by atoms with Gasteiger partial charge in [-0.1, -0.05) is 65.8 Å². The van der Waals surface area contributed by atoms with E-state index in [0.717, 1.165) is 27.8 Å². The quantitative estimate of drug-likeness (QED) is 0.295. The third-order valence-corrected chi connectivity index (χ3v) is 5.55. The van der Waals surface area contributed by atoms with Gasteiger partial charge in [-0.2, -0.15) is 0 Å². The summed E-state index contributed by atoms with van der Waals surface area (Å²) in [5, 5.41) is 9.62. The van der Waals surface area contributed by atoms with Crippen molar-refractivity contribution >= 4 is 17.6 Å². The van der Waals surface area contributed by atoms with Crippen molar-refractivity contribution in [2.75, 3.05) is 10.6 Å². The Morgan fingerprint density at radius 1 is 0.889 bits per heavy atom. The standard InChI is InChI=1S/C28H22FN5O2/c29-22-11-9-20(10-12-22)27-21(17-25(35)34-26-14-16-32-36-26)7-4-8-23(27)28-30-15-13-24(33-28)31-18-19-5-2-1-3-6-19/h1-16H,17-18H2,(H,34,35)(H,30,31,33). The van der Waals surface area contributed by atoms with Crippen LogP contribution in [0.25, 0.3) is 22.5 Å². The summed E-state index contributed by atoms with van der Waals surface area (Å²) in [6.07, 6.45) is 3.21. The fourth-order valence-electron chi connectivity index (χ4n) is 3.90. The number of amides is 1. The summed E-state index contributed by atoms with van der Waals surface area (Å²) in [7, 11) is 0. The minimum absolute atomic E-state index is 0.0627. The monoisotopic (exact) mass is 479 g/mol. The normalized spacial score (nSPS) is 10.7. The van der Waals surface area contributed by atoms with Gasteiger partial charge in [0.1, 0.15) is 11.6 Å². The highest BCUT2D eigenvalue weighted by Gasteiger charge is 2.17. The van der Waals surface area contributed by atoms with Gasteiger partial charge in [0.2, 0.25) is 11.8 Å². The molecular weight excluding hydrogens is 457 g/mol. The third kappa shape index (κ3) is 5.44. The highest BCUT2D eigenvalue weighted by atomic mass is 19.1. The second kappa shape index (κ2) is 10.6. The van der Waals surface area contributed by atoms with Crippen molar-refractivity contribution in [3.8, 4) is 22.5 Å². The zero-order chi connectivity index (χ0) is 24.7. The van der Waals surface area contributed by atoms with Crippen LogP contribution in [0.4, 0.5) is 16.1 Å². The van der Waals surface area contributed by atoms with Crippen LogP contribution in [-0.4, -0.2) is 21.0 Å². The minimum atomic E-state index is -0.343. The Balaban J connectivity index is 1.49. The van der Waals surface area contributed by atoms with Crippen LogP contribution < -0.4 is 10.6 Å². The first-order chi connectivity index (χ1) is 17.7. The van der Waals surface area contributed by atoms with Crippen LogP contribution in [0.3, 0.4) is 0 Å². The number of nitrogens with one attached hydrogen (secondary N) is 2. The van der Waals surface area contributed by atoms with Gasteiger partial charge >= 0.3 is 0 Å². The van der Waals surface area contributed by atoms with Gasteiger partial charge in [0.05, 0.1) is 12.6 Å². The van der Waals surface area contributed by atoms with Crippen LogP contribution in [0, 0.1) is 5.82 Å². The molecule has 7 nitrogen and oxygen atoms in total. The van der Waals surface area contributed by atoms with Crippen molar-refractivity contribution < 1.29 is 13.7 Å². The lowest BCUT2D eigenvalue weighted by molar-refractivity contribution is -0.115. The van der Waals surface area contributed by atoms with Crippen molar-refractivity contribution in [2.45, 2.75) is 13.0 Å². The second-order valence-electron chi connectivity index (χ2n) is 8.05. The average molecular weight is 480 g/mol. The van der Waals surface area contributed by atoms with Crippen molar-refractivity contribution in [2.24, 2.45) is 0 Å². The topological polar surface area (TPSA) is 92.9 Å². The average Bonchev–Trinajstić information content (AvgIpc) is 3.42. The fraction of sp³-hybridized carbons (Fsp3) is 0.0714. The second-order valence-corrected chi connectivity index (χ2v) is 8.05. The van der Waals surface area contributed by atoms with Crippen molar-refractivity contribution in [3.63, 3.8) is 0 Å². The maximum atomic E-state index is 13.7. The van der Waals surface area contributed by atoms with E-state index < -0.39 is 0 Å². The van der Waals surface area contributed by atoms with Gasteiger partial charge in [-0.3, -0.25) is 10.1 Å². The van der Waals surface area contributed by atoms with Gasteiger partial charge < -0.3 is 9.84 Å². The number of rotatable bonds is 8. The van der Waals surface area contributed by atoms with E-state index in [4.69, 9.17) is 9.51 Å². The van der Waals surface area contributed by atoms with Crippen LogP contribution in [-0.2, 0) is 17.8 Å². The van der Waals surface area contributed by atoms with Crippen LogP contribution in [0.2, 0.25) is 0 Å². The zero-order valence-corrected chi connectivity index (χ0v) is 19.2. The Hall–Kier alpha value is -4.85. The molecule has 0 aliphatic rings. The number of benzene rings is 3. The molecule has 0 atom stereocenters. The van der Waals surface area contributed by atoms with E-state index in [1.54, 1.807) is 30.5 Å². The molecule has 0 aliphatic heterocycles. The molecule has 0 saturated carbocycles. The molecule has 0 saturated heterocycles. The van der Waals surface area contributed by atoms with E-state index in [-0.39, 0.29) is 24.0 Å². The summed E-state index contributed by atoms with van der Waals surface area (Å²) in [6, 6.07) is 25.2. The molecule has 5 aromatic rings. The van der Waals surface area contributed by atoms with E-state index in [0.29, 0.717) is 18.2 Å². The smallest absolute Gasteiger partial charge is 0.231 e. The molecular formula is C28H22FN5O2. The van der Waals surface area contributed by atoms with Crippen LogP contribution in [0.5, 0.6) is 0 Å². The number of hydrogen-bond donors (Lipinski definition) is 2. The Labute approximate surface area is 207 Å². The number of halogens is 1. The SMILES string of the molecule is O=C(Cc1cccc(-c2nccc(NCc3ccccc3)n2)c1-c1ccc(F)cc1)Nc1ccno1. The van der Waals surface area contributed by atoms with E-state index in [2.05, 4.69) is 20.8 Å². The third-order valence-electron chi connectivity index (χ3n) is 5.55. The Kier molecular flexibility index (Phi) is 6.75. The van der Waals surface area contributed by atoms with Crippen molar-refractivity contribution in [3.05, 3.63) is 114 Å². The van der Waals surface area contributed by atoms with Crippen LogP contribution in [0.1, 0.15) is 11.1 Å². The predicted octanol–water partition coefficient (Wildman–Crippen LogP) is 5.73. The summed E-state index contributed by atoms with van der Waals surface area (Å²) < 4.78 is 18.7. The van der Waals surface area contributed by atoms with Crippen molar-refractivity contribution in [1.82, 2.24) is 15.1 Å². The van der Waals surface area contributed by atoms with E-state index in [1.165, 1.54) is 18.3 Å². The van der Waals surface area contributed by atoms with Gasteiger partial charge in [0, 0.05) is 24.4 Å². The number of aromatic nitrogens is 3. The number of anilines is 2. The number of hydrogen-bond acceptors (Lipinski definition) is 6. The highest BCUT2D eigenvalue weighted by molar-refractivity contribution is 5.94. The Morgan fingerprint density at radius 3 is 2.50 bits per heavy atom. The summed E-state index contributed by atoms with van der Waals surface area (Å²) in [5.74, 6) is 0.808. The molecule has 1 amide bonds. The molecule has 5 rings (SSSR count). The van der Waals surface area contributed by atoms with Gasteiger partial charge in [0.25, 0.3) is 0 Å². The lowest BCUT2D eigenvalue weighted by atomic mass is 9.92. The summed E-state index contributed by atoms with van der Waals surface area (Å²) >= 11 is 0. The van der Waals surface area contributed by atoms with Crippen LogP contribution >= 0.6 is 0 Å². The predicted molar refractivity (Wildman–Crippen MR) is 135 cm³/mol. The van der Waals surface area contributed by atoms with E-state index in [9.17, 15) is 9.18 Å². The Morgan fingerprint density at radius 2 is 1.72 bits per heavy atom. The first kappa shape index (κ1) is 22.9. The molecule has 2 aromatic heterocycles. The summed E-state index contributed by atoms with van der Waals surface area (Å²) in [6.45, 7) is 0.615. The molecule has 0 unspecified atom stereocenters. The summed E-state index contributed by atoms with van der Waals surface area (Å²) in [5.41, 5.74) is 4.10. The number of carbonyl (C=O) groups excluding carboxylic acids is 1. The molecule has 178 valence electrons. The molecule has 0 fully saturated rings. The highest BCUT2D eigenvalue weighted by Crippen LogP contribution is 2.34. The molecule has 0 aliphatic carbocycles. The molecule has 2 N–H and O–H groups in total. The Bertz CT molecular complexity index is 1460. The molecule has 3 aromatic carbocycles. The number of carbonyl (C=O) groups is 1. The van der Waals surface area contributed by atoms with Gasteiger partial charge in [-0.05, 0) is 40.5 Å². The molecule has 36 heavy (non-hydrogen) atoms. The maximum absolute atomic E-state index is 13.7. The molecule has 0 bridgehead atoms. The molecule has 8 heteroatoms. The van der Waals surface area contributed by atoms with Crippen LogP contribution in [0.15, 0.2) is 102 Å². The largest absolute Gasteiger partial charge is 0.366 e. The summed E-state index contributed by atoms with van der Waals surface area (Å²) in [4.78, 5) is 22.0. The van der Waals surface area contributed by atoms with E-state index >= 15 is 0 Å². The first-order valence-corrected chi connectivity index (χ1v) is 11.4. The molecule has 0 radical (unpaired) electrons. The fourth-order valence-corrected chi connectivity index (χ4v) is 3.90. The number of nitrogens with zero attached hydrogens (tertiary/aromatic N) is 3. The van der Waals surface area contributed by atoms with Gasteiger partial charge in [-0.25, -0.2) is 14.4 Å². The lowest BCUT2D eigenvalue weighted by Crippen LogP contribution is -2.14. The van der Waals surface area contributed by atoms with Gasteiger partial charge in [-0.15, -0.1) is 0 Å². The van der Waals surface area contributed by atoms with E-state index in [1.807, 2.05) is 48.5 Å². The first-order valence-electron chi connectivity index (χ1n) is 11.4. The minimum Gasteiger partial charge on any atom is -0.366 e. The van der Waals surface area contributed by atoms with Crippen molar-refractivity contribution in [1.29, 1.82) is 0 Å². The molecule has 0 spiro atoms. The lowest BCUT2D eigenvalue weighted by Gasteiger charge is -2.15.